The summed E-state index contributed by atoms with van der Waals surface area (Å²) in [6, 6.07) is 14.7. The molecule has 1 aliphatic heterocycles. The first-order chi connectivity index (χ1) is 13.7. The first-order valence-electron chi connectivity index (χ1n) is 9.46. The van der Waals surface area contributed by atoms with Crippen molar-refractivity contribution in [3.63, 3.8) is 0 Å². The Kier molecular flexibility index (Phi) is 6.12. The number of para-hydroxylation sites is 1. The number of halogens is 1. The van der Waals surface area contributed by atoms with E-state index in [1.54, 1.807) is 35.2 Å². The number of nitrogens with zero attached hydrogens (tertiary/aromatic N) is 3. The molecule has 0 atom stereocenters. The van der Waals surface area contributed by atoms with Gasteiger partial charge in [-0.1, -0.05) is 23.5 Å². The zero-order chi connectivity index (χ0) is 19.3. The average Bonchev–Trinajstić information content (AvgIpc) is 3.17. The second-order valence-corrected chi connectivity index (χ2v) is 8.92. The number of piperazine rings is 1. The summed E-state index contributed by atoms with van der Waals surface area (Å²) < 4.78 is 14.1. The molecule has 1 saturated heterocycles. The molecule has 3 aromatic rings. The monoisotopic (exact) mass is 415 g/mol. The van der Waals surface area contributed by atoms with Gasteiger partial charge in [0.1, 0.15) is 5.82 Å². The van der Waals surface area contributed by atoms with Crippen LogP contribution in [0, 0.1) is 5.82 Å². The van der Waals surface area contributed by atoms with E-state index in [0.29, 0.717) is 6.42 Å². The Balaban J connectivity index is 1.21. The van der Waals surface area contributed by atoms with Crippen molar-refractivity contribution in [3.8, 4) is 0 Å². The Labute approximate surface area is 172 Å². The second kappa shape index (κ2) is 8.92. The van der Waals surface area contributed by atoms with Gasteiger partial charge >= 0.3 is 0 Å². The Hall–Kier alpha value is -2.12. The predicted molar refractivity (Wildman–Crippen MR) is 115 cm³/mol. The number of thioether (sulfide) groups is 1. The van der Waals surface area contributed by atoms with Gasteiger partial charge in [-0.3, -0.25) is 4.79 Å². The molecule has 0 bridgehead atoms. The molecule has 146 valence electrons. The summed E-state index contributed by atoms with van der Waals surface area (Å²) in [4.78, 5) is 22.5. The summed E-state index contributed by atoms with van der Waals surface area (Å²) in [5.41, 5.74) is 1.04. The van der Waals surface area contributed by atoms with Crippen molar-refractivity contribution in [2.45, 2.75) is 17.7 Å². The minimum Gasteiger partial charge on any atom is -0.345 e. The minimum atomic E-state index is -0.218. The van der Waals surface area contributed by atoms with E-state index in [1.165, 1.54) is 16.8 Å². The third kappa shape index (κ3) is 4.64. The van der Waals surface area contributed by atoms with Crippen LogP contribution in [0.3, 0.4) is 0 Å². The standard InChI is InChI=1S/C21H22FN3OS2/c22-16-7-9-17(10-8-16)27-15-3-6-20(26)24-11-13-25(14-12-24)21-23-18-4-1-2-5-19(18)28-21/h1-2,4-5,7-10H,3,6,11-15H2. The molecule has 1 fully saturated rings. The summed E-state index contributed by atoms with van der Waals surface area (Å²) in [6.07, 6.45) is 1.40. The number of fused-ring (bicyclic) bond motifs is 1. The van der Waals surface area contributed by atoms with Crippen LogP contribution < -0.4 is 4.90 Å². The van der Waals surface area contributed by atoms with Crippen LogP contribution in [0.4, 0.5) is 9.52 Å². The molecule has 0 N–H and O–H groups in total. The molecular formula is C21H22FN3OS2. The fourth-order valence-electron chi connectivity index (χ4n) is 3.24. The number of thiazole rings is 1. The molecule has 2 heterocycles. The van der Waals surface area contributed by atoms with Crippen LogP contribution in [0.2, 0.25) is 0 Å². The van der Waals surface area contributed by atoms with Gasteiger partial charge in [0.25, 0.3) is 0 Å². The first kappa shape index (κ1) is 19.2. The van der Waals surface area contributed by atoms with Crippen molar-refractivity contribution < 1.29 is 9.18 Å². The lowest BCUT2D eigenvalue weighted by atomic mass is 10.2. The topological polar surface area (TPSA) is 36.4 Å². The Morgan fingerprint density at radius 1 is 1.07 bits per heavy atom. The molecule has 0 saturated carbocycles. The lowest BCUT2D eigenvalue weighted by molar-refractivity contribution is -0.131. The van der Waals surface area contributed by atoms with Crippen LogP contribution in [0.5, 0.6) is 0 Å². The number of hydrogen-bond donors (Lipinski definition) is 0. The van der Waals surface area contributed by atoms with Gasteiger partial charge < -0.3 is 9.80 Å². The first-order valence-corrected chi connectivity index (χ1v) is 11.3. The molecule has 4 nitrogen and oxygen atoms in total. The van der Waals surface area contributed by atoms with Crippen molar-refractivity contribution in [1.82, 2.24) is 9.88 Å². The predicted octanol–water partition coefficient (Wildman–Crippen LogP) is 4.66. The van der Waals surface area contributed by atoms with Crippen molar-refractivity contribution in [1.29, 1.82) is 0 Å². The molecule has 1 amide bonds. The number of hydrogen-bond acceptors (Lipinski definition) is 5. The van der Waals surface area contributed by atoms with E-state index in [4.69, 9.17) is 4.98 Å². The quantitative estimate of drug-likeness (QED) is 0.434. The zero-order valence-corrected chi connectivity index (χ0v) is 17.1. The highest BCUT2D eigenvalue weighted by Gasteiger charge is 2.22. The van der Waals surface area contributed by atoms with E-state index in [1.807, 2.05) is 23.1 Å². The number of rotatable bonds is 6. The Morgan fingerprint density at radius 2 is 1.82 bits per heavy atom. The van der Waals surface area contributed by atoms with Gasteiger partial charge in [-0.2, -0.15) is 0 Å². The van der Waals surface area contributed by atoms with E-state index in [2.05, 4.69) is 11.0 Å². The second-order valence-electron chi connectivity index (χ2n) is 6.74. The summed E-state index contributed by atoms with van der Waals surface area (Å²) in [6.45, 7) is 3.16. The molecule has 0 spiro atoms. The van der Waals surface area contributed by atoms with Gasteiger partial charge in [-0.15, -0.1) is 11.8 Å². The van der Waals surface area contributed by atoms with Gasteiger partial charge in [-0.05, 0) is 48.6 Å². The van der Waals surface area contributed by atoms with Crippen molar-refractivity contribution >= 4 is 44.4 Å². The minimum absolute atomic E-state index is 0.218. The smallest absolute Gasteiger partial charge is 0.222 e. The number of carbonyl (C=O) groups excluding carboxylic acids is 1. The molecule has 1 aliphatic rings. The summed E-state index contributed by atoms with van der Waals surface area (Å²) in [7, 11) is 0. The van der Waals surface area contributed by atoms with Crippen molar-refractivity contribution in [2.24, 2.45) is 0 Å². The van der Waals surface area contributed by atoms with E-state index in [0.717, 1.165) is 53.9 Å². The van der Waals surface area contributed by atoms with Crippen LogP contribution in [0.1, 0.15) is 12.8 Å². The molecule has 0 radical (unpaired) electrons. The van der Waals surface area contributed by atoms with Crippen LogP contribution in [0.25, 0.3) is 10.2 Å². The maximum atomic E-state index is 12.9. The van der Waals surface area contributed by atoms with Gasteiger partial charge in [0.15, 0.2) is 5.13 Å². The lowest BCUT2D eigenvalue weighted by Gasteiger charge is -2.34. The van der Waals surface area contributed by atoms with Crippen LogP contribution in [-0.2, 0) is 4.79 Å². The third-order valence-electron chi connectivity index (χ3n) is 4.80. The summed E-state index contributed by atoms with van der Waals surface area (Å²) in [5, 5.41) is 1.05. The number of carbonyl (C=O) groups is 1. The number of benzene rings is 2. The Bertz CT molecular complexity index is 903. The molecular weight excluding hydrogens is 393 g/mol. The van der Waals surface area contributed by atoms with E-state index < -0.39 is 0 Å². The van der Waals surface area contributed by atoms with Gasteiger partial charge in [0.05, 0.1) is 10.2 Å². The van der Waals surface area contributed by atoms with Gasteiger partial charge in [0, 0.05) is 37.5 Å². The molecule has 1 aromatic heterocycles. The van der Waals surface area contributed by atoms with Crippen LogP contribution >= 0.6 is 23.1 Å². The Morgan fingerprint density at radius 3 is 2.57 bits per heavy atom. The van der Waals surface area contributed by atoms with Gasteiger partial charge in [-0.25, -0.2) is 9.37 Å². The van der Waals surface area contributed by atoms with Crippen LogP contribution in [0.15, 0.2) is 53.4 Å². The van der Waals surface area contributed by atoms with Gasteiger partial charge in [0.2, 0.25) is 5.91 Å². The van der Waals surface area contributed by atoms with E-state index >= 15 is 0 Å². The highest BCUT2D eigenvalue weighted by molar-refractivity contribution is 7.99. The number of aromatic nitrogens is 1. The average molecular weight is 416 g/mol. The summed E-state index contributed by atoms with van der Waals surface area (Å²) in [5.74, 6) is 0.872. The maximum Gasteiger partial charge on any atom is 0.222 e. The normalized spacial score (nSPS) is 14.6. The van der Waals surface area contributed by atoms with Crippen molar-refractivity contribution in [3.05, 3.63) is 54.3 Å². The van der Waals surface area contributed by atoms with Crippen LogP contribution in [-0.4, -0.2) is 47.7 Å². The molecule has 0 aliphatic carbocycles. The zero-order valence-electron chi connectivity index (χ0n) is 15.5. The third-order valence-corrected chi connectivity index (χ3v) is 7.00. The fourth-order valence-corrected chi connectivity index (χ4v) is 5.11. The van der Waals surface area contributed by atoms with E-state index in [9.17, 15) is 9.18 Å². The number of anilines is 1. The highest BCUT2D eigenvalue weighted by atomic mass is 32.2. The van der Waals surface area contributed by atoms with Crippen molar-refractivity contribution in [2.75, 3.05) is 36.8 Å². The SMILES string of the molecule is O=C(CCCSc1ccc(F)cc1)N1CCN(c2nc3ccccc3s2)CC1. The molecule has 28 heavy (non-hydrogen) atoms. The lowest BCUT2D eigenvalue weighted by Crippen LogP contribution is -2.48. The molecule has 4 rings (SSSR count). The maximum absolute atomic E-state index is 12.9. The van der Waals surface area contributed by atoms with E-state index in [-0.39, 0.29) is 11.7 Å². The highest BCUT2D eigenvalue weighted by Crippen LogP contribution is 2.29. The largest absolute Gasteiger partial charge is 0.345 e. The molecule has 2 aromatic carbocycles. The number of amides is 1. The molecule has 7 heteroatoms. The fraction of sp³-hybridized carbons (Fsp3) is 0.333. The summed E-state index contributed by atoms with van der Waals surface area (Å²) >= 11 is 3.38. The molecule has 0 unspecified atom stereocenters.